The molecular formula is C11H16. The fourth-order valence-electron chi connectivity index (χ4n) is 3.92. The summed E-state index contributed by atoms with van der Waals surface area (Å²) in [5.41, 5.74) is 3.53. The lowest BCUT2D eigenvalue weighted by Crippen LogP contribution is -2.26. The first-order valence-electron chi connectivity index (χ1n) is 4.94. The van der Waals surface area contributed by atoms with Crippen molar-refractivity contribution in [2.45, 2.75) is 33.1 Å². The second-order valence-electron chi connectivity index (χ2n) is 4.81. The maximum absolute atomic E-state index is 2.38. The second kappa shape index (κ2) is 1.73. The van der Waals surface area contributed by atoms with Crippen molar-refractivity contribution in [3.8, 4) is 0 Å². The molecule has 0 aliphatic heterocycles. The average Bonchev–Trinajstić information content (AvgIpc) is 2.54. The van der Waals surface area contributed by atoms with Crippen molar-refractivity contribution in [3.63, 3.8) is 0 Å². The van der Waals surface area contributed by atoms with Gasteiger partial charge in [-0.2, -0.15) is 0 Å². The van der Waals surface area contributed by atoms with Gasteiger partial charge in [0.15, 0.2) is 0 Å². The Morgan fingerprint density at radius 3 is 1.64 bits per heavy atom. The molecule has 0 spiro atoms. The van der Waals surface area contributed by atoms with E-state index in [0.29, 0.717) is 0 Å². The van der Waals surface area contributed by atoms with E-state index in [1.807, 2.05) is 0 Å². The Balaban J connectivity index is 2.14. The van der Waals surface area contributed by atoms with Crippen molar-refractivity contribution >= 4 is 0 Å². The summed E-state index contributed by atoms with van der Waals surface area (Å²) in [7, 11) is 0. The lowest BCUT2D eigenvalue weighted by Gasteiger charge is -2.37. The van der Waals surface area contributed by atoms with Gasteiger partial charge in [0, 0.05) is 0 Å². The van der Waals surface area contributed by atoms with Gasteiger partial charge < -0.3 is 0 Å². The van der Waals surface area contributed by atoms with Crippen LogP contribution in [0.3, 0.4) is 0 Å². The van der Waals surface area contributed by atoms with Crippen LogP contribution in [-0.4, -0.2) is 0 Å². The standard InChI is InChI=1S/C11H16/c1-6-7(2)11-5-8-3-9(11)4-10(6)8/h8-11H,3-5H2,1-2H3. The molecule has 0 heteroatoms. The molecule has 0 N–H and O–H groups in total. The zero-order valence-corrected chi connectivity index (χ0v) is 7.43. The monoisotopic (exact) mass is 148 g/mol. The summed E-state index contributed by atoms with van der Waals surface area (Å²) in [6.45, 7) is 4.75. The average molecular weight is 148 g/mol. The van der Waals surface area contributed by atoms with Crippen LogP contribution >= 0.6 is 0 Å². The fraction of sp³-hybridized carbons (Fsp3) is 0.818. The van der Waals surface area contributed by atoms with E-state index in [4.69, 9.17) is 0 Å². The number of rotatable bonds is 0. The summed E-state index contributed by atoms with van der Waals surface area (Å²) >= 11 is 0. The first-order valence-corrected chi connectivity index (χ1v) is 4.94. The minimum absolute atomic E-state index is 1.02. The summed E-state index contributed by atoms with van der Waals surface area (Å²) in [5, 5.41) is 0. The largest absolute Gasteiger partial charge is 0.0707 e. The van der Waals surface area contributed by atoms with Crippen LogP contribution in [0.1, 0.15) is 33.1 Å². The first kappa shape index (κ1) is 6.28. The smallest absolute Gasteiger partial charge is 0.0172 e. The van der Waals surface area contributed by atoms with E-state index < -0.39 is 0 Å². The third-order valence-electron chi connectivity index (χ3n) is 4.59. The van der Waals surface area contributed by atoms with Gasteiger partial charge in [-0.05, 0) is 56.8 Å². The van der Waals surface area contributed by atoms with Crippen LogP contribution in [0.15, 0.2) is 11.1 Å². The SMILES string of the molecule is CC1=C(C)C2CC3CC2CC13. The molecule has 2 saturated carbocycles. The second-order valence-corrected chi connectivity index (χ2v) is 4.81. The van der Waals surface area contributed by atoms with Crippen LogP contribution in [0.2, 0.25) is 0 Å². The minimum Gasteiger partial charge on any atom is -0.0707 e. The van der Waals surface area contributed by atoms with Crippen LogP contribution in [0.5, 0.6) is 0 Å². The van der Waals surface area contributed by atoms with Gasteiger partial charge in [0.05, 0.1) is 0 Å². The van der Waals surface area contributed by atoms with Crippen molar-refractivity contribution in [2.75, 3.05) is 0 Å². The molecule has 0 nitrogen and oxygen atoms in total. The molecule has 4 aliphatic rings. The Morgan fingerprint density at radius 2 is 1.27 bits per heavy atom. The summed E-state index contributed by atoms with van der Waals surface area (Å²) in [6, 6.07) is 0. The van der Waals surface area contributed by atoms with E-state index >= 15 is 0 Å². The molecule has 0 aromatic carbocycles. The van der Waals surface area contributed by atoms with Crippen molar-refractivity contribution in [3.05, 3.63) is 11.1 Å². The summed E-state index contributed by atoms with van der Waals surface area (Å²) in [5.74, 6) is 4.25. The van der Waals surface area contributed by atoms with Gasteiger partial charge in [0.1, 0.15) is 0 Å². The molecule has 4 atom stereocenters. The quantitative estimate of drug-likeness (QED) is 0.463. The molecule has 0 amide bonds. The van der Waals surface area contributed by atoms with E-state index in [1.54, 1.807) is 30.4 Å². The van der Waals surface area contributed by atoms with E-state index in [1.165, 1.54) is 0 Å². The Kier molecular flexibility index (Phi) is 0.987. The number of allylic oxidation sites excluding steroid dienone is 2. The molecular weight excluding hydrogens is 132 g/mol. The topological polar surface area (TPSA) is 0 Å². The number of hydrogen-bond donors (Lipinski definition) is 0. The zero-order chi connectivity index (χ0) is 7.59. The van der Waals surface area contributed by atoms with Gasteiger partial charge in [-0.25, -0.2) is 0 Å². The normalized spacial score (nSPS) is 52.9. The highest BCUT2D eigenvalue weighted by atomic mass is 14.6. The fourth-order valence-corrected chi connectivity index (χ4v) is 3.92. The third-order valence-corrected chi connectivity index (χ3v) is 4.59. The van der Waals surface area contributed by atoms with Crippen molar-refractivity contribution < 1.29 is 0 Å². The Bertz CT molecular complexity index is 212. The van der Waals surface area contributed by atoms with E-state index in [2.05, 4.69) is 13.8 Å². The predicted octanol–water partition coefficient (Wildman–Crippen LogP) is 3.00. The molecule has 0 radical (unpaired) electrons. The zero-order valence-electron chi connectivity index (χ0n) is 7.43. The minimum atomic E-state index is 1.02. The van der Waals surface area contributed by atoms with Crippen molar-refractivity contribution in [1.29, 1.82) is 0 Å². The van der Waals surface area contributed by atoms with E-state index in [9.17, 15) is 0 Å². The summed E-state index contributed by atoms with van der Waals surface area (Å²) in [4.78, 5) is 0. The summed E-state index contributed by atoms with van der Waals surface area (Å²) in [6.07, 6.45) is 4.64. The predicted molar refractivity (Wildman–Crippen MR) is 46.2 cm³/mol. The van der Waals surface area contributed by atoms with Crippen LogP contribution in [0.25, 0.3) is 0 Å². The van der Waals surface area contributed by atoms with Crippen molar-refractivity contribution in [2.24, 2.45) is 23.7 Å². The van der Waals surface area contributed by atoms with Gasteiger partial charge in [-0.1, -0.05) is 11.1 Å². The summed E-state index contributed by atoms with van der Waals surface area (Å²) < 4.78 is 0. The Morgan fingerprint density at radius 1 is 0.818 bits per heavy atom. The highest BCUT2D eigenvalue weighted by molar-refractivity contribution is 5.28. The molecule has 4 aliphatic carbocycles. The highest BCUT2D eigenvalue weighted by Crippen LogP contribution is 2.61. The molecule has 4 bridgehead atoms. The van der Waals surface area contributed by atoms with Crippen LogP contribution < -0.4 is 0 Å². The maximum atomic E-state index is 2.38. The maximum Gasteiger partial charge on any atom is -0.0172 e. The molecule has 0 heterocycles. The van der Waals surface area contributed by atoms with Crippen LogP contribution in [0, 0.1) is 23.7 Å². The van der Waals surface area contributed by atoms with Gasteiger partial charge in [-0.15, -0.1) is 0 Å². The van der Waals surface area contributed by atoms with E-state index in [-0.39, 0.29) is 0 Å². The Labute approximate surface area is 68.7 Å². The molecule has 60 valence electrons. The number of hydrogen-bond acceptors (Lipinski definition) is 0. The molecule has 0 aromatic heterocycles. The molecule has 0 aromatic rings. The lowest BCUT2D eigenvalue weighted by molar-refractivity contribution is 0.277. The lowest BCUT2D eigenvalue weighted by atomic mass is 9.68. The Hall–Kier alpha value is -0.260. The van der Waals surface area contributed by atoms with E-state index in [0.717, 1.165) is 23.7 Å². The highest BCUT2D eigenvalue weighted by Gasteiger charge is 2.50. The van der Waals surface area contributed by atoms with Gasteiger partial charge in [0.25, 0.3) is 0 Å². The van der Waals surface area contributed by atoms with Gasteiger partial charge in [0.2, 0.25) is 0 Å². The molecule has 11 heavy (non-hydrogen) atoms. The van der Waals surface area contributed by atoms with Crippen LogP contribution in [-0.2, 0) is 0 Å². The van der Waals surface area contributed by atoms with Crippen LogP contribution in [0.4, 0.5) is 0 Å². The first-order chi connectivity index (χ1) is 5.27. The van der Waals surface area contributed by atoms with Gasteiger partial charge >= 0.3 is 0 Å². The molecule has 4 unspecified atom stereocenters. The third kappa shape index (κ3) is 0.579. The molecule has 4 rings (SSSR count). The van der Waals surface area contributed by atoms with Crippen molar-refractivity contribution in [1.82, 2.24) is 0 Å². The molecule has 2 fully saturated rings. The molecule has 0 saturated heterocycles. The van der Waals surface area contributed by atoms with Gasteiger partial charge in [-0.3, -0.25) is 0 Å².